The molecule has 2 atom stereocenters. The molecule has 3 N–H and O–H groups in total. The topological polar surface area (TPSA) is 88.0 Å². The third-order valence-electron chi connectivity index (χ3n) is 5.42. The molecule has 4 rings (SSSR count). The van der Waals surface area contributed by atoms with E-state index in [9.17, 15) is 23.8 Å². The molecule has 0 amide bonds. The number of fused-ring (bicyclic) bond motifs is 1. The van der Waals surface area contributed by atoms with Crippen LogP contribution < -0.4 is 10.1 Å². The van der Waals surface area contributed by atoms with E-state index in [-0.39, 0.29) is 37.8 Å². The summed E-state index contributed by atoms with van der Waals surface area (Å²) in [6, 6.07) is 16.1. The Morgan fingerprint density at radius 2 is 1.76 bits per heavy atom. The molecule has 1 aliphatic rings. The van der Waals surface area contributed by atoms with E-state index >= 15 is 0 Å². The number of halogens is 2. The number of hydrogen-bond acceptors (Lipinski definition) is 6. The van der Waals surface area contributed by atoms with Crippen molar-refractivity contribution in [2.75, 3.05) is 19.8 Å². The maximum absolute atomic E-state index is 13.5. The highest BCUT2D eigenvalue weighted by atomic mass is 19.1. The van der Waals surface area contributed by atoms with Crippen LogP contribution in [0.5, 0.6) is 11.5 Å². The molecule has 0 saturated carbocycles. The van der Waals surface area contributed by atoms with Crippen LogP contribution in [0.3, 0.4) is 0 Å². The summed E-state index contributed by atoms with van der Waals surface area (Å²) in [5.41, 5.74) is -0.268. The number of phenols is 1. The fraction of sp³-hybridized carbons (Fsp3) is 0.240. The molecule has 0 radical (unpaired) electrons. The summed E-state index contributed by atoms with van der Waals surface area (Å²) in [5.74, 6) is -1.18. The number of aliphatic hydroxyl groups is 1. The smallest absolute Gasteiger partial charge is 0.206 e. The molecule has 33 heavy (non-hydrogen) atoms. The molecule has 3 aromatic rings. The minimum Gasteiger partial charge on any atom is -0.508 e. The van der Waals surface area contributed by atoms with Crippen molar-refractivity contribution < 1.29 is 33.3 Å². The third-order valence-corrected chi connectivity index (χ3v) is 5.42. The van der Waals surface area contributed by atoms with Crippen molar-refractivity contribution in [2.45, 2.75) is 18.2 Å². The lowest BCUT2D eigenvalue weighted by atomic mass is 9.84. The van der Waals surface area contributed by atoms with Crippen LogP contribution in [0.1, 0.15) is 21.5 Å². The molecule has 172 valence electrons. The number of Topliss-reactive ketones (excluding diaryl/α,β-unsaturated/α-hetero) is 1. The highest BCUT2D eigenvalue weighted by Crippen LogP contribution is 2.38. The first-order valence-electron chi connectivity index (χ1n) is 10.4. The van der Waals surface area contributed by atoms with Gasteiger partial charge in [-0.25, -0.2) is 8.78 Å². The van der Waals surface area contributed by atoms with Gasteiger partial charge >= 0.3 is 0 Å². The lowest BCUT2D eigenvalue weighted by molar-refractivity contribution is -0.0855. The Bertz CT molecular complexity index is 1120. The predicted octanol–water partition coefficient (Wildman–Crippen LogP) is 3.31. The maximum atomic E-state index is 13.5. The third kappa shape index (κ3) is 5.03. The minimum absolute atomic E-state index is 0.0384. The van der Waals surface area contributed by atoms with Gasteiger partial charge in [0.05, 0.1) is 18.3 Å². The Hall–Kier alpha value is -3.33. The number of ketones is 1. The molecular formula is C25H23F2NO5. The minimum atomic E-state index is -1.51. The van der Waals surface area contributed by atoms with Crippen molar-refractivity contribution in [3.05, 3.63) is 95.1 Å². The zero-order chi connectivity index (χ0) is 23.4. The Morgan fingerprint density at radius 1 is 1.06 bits per heavy atom. The van der Waals surface area contributed by atoms with E-state index in [1.807, 2.05) is 0 Å². The molecule has 0 saturated heterocycles. The molecule has 1 aliphatic heterocycles. The van der Waals surface area contributed by atoms with Gasteiger partial charge in [-0.2, -0.15) is 0 Å². The summed E-state index contributed by atoms with van der Waals surface area (Å²) < 4.78 is 38.4. The molecule has 1 heterocycles. The van der Waals surface area contributed by atoms with Gasteiger partial charge in [0.1, 0.15) is 29.7 Å². The van der Waals surface area contributed by atoms with Crippen LogP contribution >= 0.6 is 0 Å². The van der Waals surface area contributed by atoms with Crippen LogP contribution in [0.15, 0.2) is 66.7 Å². The number of rotatable bonds is 8. The molecule has 6 nitrogen and oxygen atoms in total. The number of nitrogens with one attached hydrogen (secondary N) is 1. The van der Waals surface area contributed by atoms with Crippen LogP contribution in [-0.2, 0) is 16.9 Å². The van der Waals surface area contributed by atoms with Gasteiger partial charge in [-0.3, -0.25) is 4.79 Å². The summed E-state index contributed by atoms with van der Waals surface area (Å²) in [5, 5.41) is 23.0. The second-order valence-corrected chi connectivity index (χ2v) is 7.86. The van der Waals surface area contributed by atoms with Crippen molar-refractivity contribution in [2.24, 2.45) is 0 Å². The highest BCUT2D eigenvalue weighted by Gasteiger charge is 2.47. The number of hydrogen-bond donors (Lipinski definition) is 3. The second-order valence-electron chi connectivity index (χ2n) is 7.86. The second kappa shape index (κ2) is 9.66. The zero-order valence-electron chi connectivity index (χ0n) is 17.6. The quantitative estimate of drug-likeness (QED) is 0.483. The maximum Gasteiger partial charge on any atom is 0.206 e. The molecule has 8 heteroatoms. The lowest BCUT2D eigenvalue weighted by Crippen LogP contribution is -2.49. The molecule has 1 unspecified atom stereocenters. The van der Waals surface area contributed by atoms with Crippen LogP contribution in [0.2, 0.25) is 0 Å². The van der Waals surface area contributed by atoms with Crippen molar-refractivity contribution in [1.29, 1.82) is 0 Å². The molecule has 0 aromatic heterocycles. The summed E-state index contributed by atoms with van der Waals surface area (Å²) in [4.78, 5) is 13.5. The number of carbonyl (C=O) groups excluding carboxylic acids is 1. The number of ether oxygens (including phenoxy) is 2. The van der Waals surface area contributed by atoms with Gasteiger partial charge in [-0.1, -0.05) is 24.3 Å². The summed E-state index contributed by atoms with van der Waals surface area (Å²) >= 11 is 0. The number of aliphatic hydroxyl groups excluding tert-OH is 1. The average molecular weight is 455 g/mol. The molecule has 0 spiro atoms. The van der Waals surface area contributed by atoms with Gasteiger partial charge in [0.25, 0.3) is 0 Å². The summed E-state index contributed by atoms with van der Waals surface area (Å²) in [6.45, 7) is -0.0985. The first-order chi connectivity index (χ1) is 15.9. The van der Waals surface area contributed by atoms with Gasteiger partial charge in [0.15, 0.2) is 5.60 Å². The first-order valence-corrected chi connectivity index (χ1v) is 10.4. The largest absolute Gasteiger partial charge is 0.508 e. The Morgan fingerprint density at radius 3 is 2.48 bits per heavy atom. The summed E-state index contributed by atoms with van der Waals surface area (Å²) in [6.07, 6.45) is -1.01. The van der Waals surface area contributed by atoms with Gasteiger partial charge < -0.3 is 25.0 Å². The summed E-state index contributed by atoms with van der Waals surface area (Å²) in [7, 11) is 0. The fourth-order valence-corrected chi connectivity index (χ4v) is 3.77. The van der Waals surface area contributed by atoms with Crippen LogP contribution in [0.4, 0.5) is 8.78 Å². The standard InChI is InChI=1S/C25H23F2NO5/c26-18-9-16(10-19(27)11-18)12-28-13-21(30)14-33-25(17-5-7-20(29)8-6-17)15-32-23-4-2-1-3-22(23)24(25)31/h1-11,21,28-30H,12-15H2/t21-,25?/m0/s1. The van der Waals surface area contributed by atoms with Gasteiger partial charge in [-0.05, 0) is 47.5 Å². The van der Waals surface area contributed by atoms with Crippen LogP contribution in [0, 0.1) is 11.6 Å². The Labute approximate surface area is 189 Å². The molecule has 0 aliphatic carbocycles. The molecule has 0 fully saturated rings. The lowest BCUT2D eigenvalue weighted by Gasteiger charge is -2.37. The van der Waals surface area contributed by atoms with Crippen molar-refractivity contribution in [3.63, 3.8) is 0 Å². The number of para-hydroxylation sites is 1. The van der Waals surface area contributed by atoms with E-state index in [4.69, 9.17) is 9.47 Å². The van der Waals surface area contributed by atoms with E-state index in [1.165, 1.54) is 24.3 Å². The molecular weight excluding hydrogens is 432 g/mol. The molecule has 3 aromatic carbocycles. The monoisotopic (exact) mass is 455 g/mol. The van der Waals surface area contributed by atoms with E-state index in [1.54, 1.807) is 36.4 Å². The highest BCUT2D eigenvalue weighted by molar-refractivity contribution is 6.06. The van der Waals surface area contributed by atoms with Gasteiger partial charge in [0.2, 0.25) is 5.78 Å². The van der Waals surface area contributed by atoms with E-state index in [0.29, 0.717) is 22.4 Å². The number of phenolic OH excluding ortho intramolecular Hbond substituents is 1. The predicted molar refractivity (Wildman–Crippen MR) is 116 cm³/mol. The average Bonchev–Trinajstić information content (AvgIpc) is 2.79. The number of benzene rings is 3. The Balaban J connectivity index is 1.46. The van der Waals surface area contributed by atoms with Crippen molar-refractivity contribution in [1.82, 2.24) is 5.32 Å². The van der Waals surface area contributed by atoms with Crippen LogP contribution in [0.25, 0.3) is 0 Å². The van der Waals surface area contributed by atoms with Crippen molar-refractivity contribution in [3.8, 4) is 11.5 Å². The van der Waals surface area contributed by atoms with Gasteiger partial charge in [-0.15, -0.1) is 0 Å². The van der Waals surface area contributed by atoms with E-state index < -0.39 is 23.3 Å². The number of aromatic hydroxyl groups is 1. The fourth-order valence-electron chi connectivity index (χ4n) is 3.77. The van der Waals surface area contributed by atoms with Crippen molar-refractivity contribution >= 4 is 5.78 Å². The number of carbonyl (C=O) groups is 1. The van der Waals surface area contributed by atoms with Crippen LogP contribution in [-0.4, -0.2) is 41.9 Å². The normalized spacial score (nSPS) is 18.5. The first kappa shape index (κ1) is 22.8. The Kier molecular flexibility index (Phi) is 6.69. The molecule has 0 bridgehead atoms. The van der Waals surface area contributed by atoms with Gasteiger partial charge in [0, 0.05) is 19.2 Å². The van der Waals surface area contributed by atoms with E-state index in [2.05, 4.69) is 5.32 Å². The van der Waals surface area contributed by atoms with E-state index in [0.717, 1.165) is 6.07 Å². The zero-order valence-corrected chi connectivity index (χ0v) is 17.6. The SMILES string of the molecule is O=C1c2ccccc2OCC1(OC[C@@H](O)CNCc1cc(F)cc(F)c1)c1ccc(O)cc1.